The van der Waals surface area contributed by atoms with E-state index in [-0.39, 0.29) is 0 Å². The number of hydrogen-bond donors (Lipinski definition) is 0. The van der Waals surface area contributed by atoms with E-state index < -0.39 is 0 Å². The fraction of sp³-hybridized carbons (Fsp3) is 0.211. The molecular formula is C38H38N2. The van der Waals surface area contributed by atoms with Gasteiger partial charge in [0.05, 0.1) is 0 Å². The van der Waals surface area contributed by atoms with Crippen molar-refractivity contribution in [2.45, 2.75) is 25.7 Å². The fourth-order valence-electron chi connectivity index (χ4n) is 6.00. The van der Waals surface area contributed by atoms with Crippen molar-refractivity contribution in [3.8, 4) is 0 Å². The number of allylic oxidation sites excluding steroid dienone is 8. The van der Waals surface area contributed by atoms with E-state index in [2.05, 4.69) is 147 Å². The van der Waals surface area contributed by atoms with E-state index in [9.17, 15) is 0 Å². The van der Waals surface area contributed by atoms with Crippen LogP contribution in [0.4, 0.5) is 11.4 Å². The van der Waals surface area contributed by atoms with Gasteiger partial charge in [0.2, 0.25) is 0 Å². The maximum absolute atomic E-state index is 2.35. The molecule has 200 valence electrons. The molecule has 2 aliphatic rings. The molecular weight excluding hydrogens is 484 g/mol. The van der Waals surface area contributed by atoms with E-state index in [1.807, 2.05) is 0 Å². The lowest BCUT2D eigenvalue weighted by Crippen LogP contribution is -2.08. The number of fused-ring (bicyclic) bond motifs is 1. The van der Waals surface area contributed by atoms with Crippen molar-refractivity contribution >= 4 is 33.3 Å². The Morgan fingerprint density at radius 3 is 1.32 bits per heavy atom. The Bertz CT molecular complexity index is 1540. The highest BCUT2D eigenvalue weighted by atomic mass is 15.1. The minimum Gasteiger partial charge on any atom is -0.378 e. The van der Waals surface area contributed by atoms with E-state index >= 15 is 0 Å². The minimum atomic E-state index is 0.999. The summed E-state index contributed by atoms with van der Waals surface area (Å²) in [6.07, 6.45) is 13.4. The van der Waals surface area contributed by atoms with Crippen LogP contribution in [0.15, 0.2) is 120 Å². The molecule has 40 heavy (non-hydrogen) atoms. The van der Waals surface area contributed by atoms with Gasteiger partial charge in [0.1, 0.15) is 0 Å². The summed E-state index contributed by atoms with van der Waals surface area (Å²) < 4.78 is 0. The van der Waals surface area contributed by atoms with Crippen molar-refractivity contribution in [1.82, 2.24) is 0 Å². The lowest BCUT2D eigenvalue weighted by Gasteiger charge is -2.16. The van der Waals surface area contributed by atoms with Gasteiger partial charge in [-0.3, -0.25) is 0 Å². The molecule has 0 bridgehead atoms. The predicted octanol–water partition coefficient (Wildman–Crippen LogP) is 8.88. The smallest absolute Gasteiger partial charge is 0.0361 e. The first-order valence-corrected chi connectivity index (χ1v) is 14.3. The van der Waals surface area contributed by atoms with E-state index in [0.29, 0.717) is 0 Å². The zero-order valence-electron chi connectivity index (χ0n) is 24.1. The third kappa shape index (κ3) is 5.40. The molecule has 4 aromatic rings. The maximum atomic E-state index is 2.35. The fourth-order valence-corrected chi connectivity index (χ4v) is 6.00. The van der Waals surface area contributed by atoms with Gasteiger partial charge in [0.25, 0.3) is 0 Å². The molecule has 0 aromatic heterocycles. The van der Waals surface area contributed by atoms with Crippen LogP contribution in [0, 0.1) is 0 Å². The Morgan fingerprint density at radius 1 is 0.500 bits per heavy atom. The Morgan fingerprint density at radius 2 is 0.925 bits per heavy atom. The summed E-state index contributed by atoms with van der Waals surface area (Å²) in [7, 11) is 8.36. The zero-order valence-corrected chi connectivity index (χ0v) is 24.1. The summed E-state index contributed by atoms with van der Waals surface area (Å²) in [5.74, 6) is 0. The van der Waals surface area contributed by atoms with Gasteiger partial charge in [-0.25, -0.2) is 0 Å². The summed E-state index contributed by atoms with van der Waals surface area (Å²) in [6.45, 7) is 0. The van der Waals surface area contributed by atoms with Crippen molar-refractivity contribution in [1.29, 1.82) is 0 Å². The van der Waals surface area contributed by atoms with Gasteiger partial charge in [-0.05, 0) is 94.1 Å². The molecule has 0 unspecified atom stereocenters. The molecule has 0 N–H and O–H groups in total. The first-order valence-electron chi connectivity index (χ1n) is 14.3. The summed E-state index contributed by atoms with van der Waals surface area (Å²) in [6, 6.07) is 31.5. The van der Waals surface area contributed by atoms with Crippen LogP contribution in [0.2, 0.25) is 0 Å². The number of hydrogen-bond acceptors (Lipinski definition) is 2. The van der Waals surface area contributed by atoms with Crippen LogP contribution in [0.1, 0.15) is 35.1 Å². The number of anilines is 2. The van der Waals surface area contributed by atoms with Gasteiger partial charge in [-0.2, -0.15) is 0 Å². The molecule has 2 nitrogen and oxygen atoms in total. The first-order chi connectivity index (χ1) is 19.4. The molecule has 2 heteroatoms. The molecule has 0 saturated heterocycles. The van der Waals surface area contributed by atoms with Gasteiger partial charge in [-0.1, -0.05) is 96.1 Å². The largest absolute Gasteiger partial charge is 0.378 e. The monoisotopic (exact) mass is 522 g/mol. The summed E-state index contributed by atoms with van der Waals surface area (Å²) >= 11 is 0. The summed E-state index contributed by atoms with van der Waals surface area (Å²) in [5, 5.41) is 2.70. The Labute approximate surface area is 239 Å². The van der Waals surface area contributed by atoms with Crippen LogP contribution < -0.4 is 9.80 Å². The summed E-state index contributed by atoms with van der Waals surface area (Å²) in [5.41, 5.74) is 13.8. The molecule has 4 aromatic carbocycles. The number of rotatable bonds is 8. The highest BCUT2D eigenvalue weighted by molar-refractivity contribution is 6.03. The molecule has 0 atom stereocenters. The molecule has 2 aliphatic carbocycles. The van der Waals surface area contributed by atoms with Crippen LogP contribution in [0.3, 0.4) is 0 Å². The summed E-state index contributed by atoms with van der Waals surface area (Å²) in [4.78, 5) is 4.30. The van der Waals surface area contributed by atoms with Crippen LogP contribution in [-0.4, -0.2) is 28.2 Å². The normalized spacial score (nSPS) is 14.6. The molecule has 0 spiro atoms. The highest BCUT2D eigenvalue weighted by Crippen LogP contribution is 2.40. The van der Waals surface area contributed by atoms with Gasteiger partial charge in [0, 0.05) is 39.6 Å². The maximum Gasteiger partial charge on any atom is 0.0361 e. The first kappa shape index (κ1) is 26.0. The lowest BCUT2D eigenvalue weighted by molar-refractivity contribution is 1.08. The second-order valence-electron chi connectivity index (χ2n) is 11.6. The molecule has 0 aliphatic heterocycles. The molecule has 0 fully saturated rings. The SMILES string of the molecule is CN(C)c1ccc(CC2=CC=C(c3cccc4cccc(C5=CC=C(Cc6ccc(N(C)C)cc6)C5)c34)C2)cc1. The third-order valence-electron chi connectivity index (χ3n) is 8.24. The molecule has 0 radical (unpaired) electrons. The van der Waals surface area contributed by atoms with Gasteiger partial charge in [-0.15, -0.1) is 0 Å². The van der Waals surface area contributed by atoms with Crippen LogP contribution in [-0.2, 0) is 12.8 Å². The van der Waals surface area contributed by atoms with Crippen molar-refractivity contribution in [2.75, 3.05) is 38.0 Å². The van der Waals surface area contributed by atoms with Crippen LogP contribution in [0.25, 0.3) is 21.9 Å². The van der Waals surface area contributed by atoms with Crippen LogP contribution in [0.5, 0.6) is 0 Å². The van der Waals surface area contributed by atoms with Crippen molar-refractivity contribution in [3.05, 3.63) is 143 Å². The van der Waals surface area contributed by atoms with Gasteiger partial charge >= 0.3 is 0 Å². The van der Waals surface area contributed by atoms with E-state index in [0.717, 1.165) is 25.7 Å². The van der Waals surface area contributed by atoms with Crippen LogP contribution >= 0.6 is 0 Å². The molecule has 0 saturated carbocycles. The van der Waals surface area contributed by atoms with E-state index in [4.69, 9.17) is 0 Å². The Balaban J connectivity index is 1.19. The third-order valence-corrected chi connectivity index (χ3v) is 8.24. The average molecular weight is 523 g/mol. The standard InChI is InChI=1S/C38H38N2/c1-39(2)34-19-13-27(14-20-34)23-29-11-17-32(25-29)36-9-5-7-31-8-6-10-37(38(31)36)33-18-12-30(26-33)24-28-15-21-35(22-16-28)40(3)4/h5-22H,23-26H2,1-4H3. The van der Waals surface area contributed by atoms with E-state index in [1.165, 1.54) is 66.7 Å². The van der Waals surface area contributed by atoms with Gasteiger partial charge in [0.15, 0.2) is 0 Å². The predicted molar refractivity (Wildman–Crippen MR) is 174 cm³/mol. The van der Waals surface area contributed by atoms with Crippen molar-refractivity contribution in [2.24, 2.45) is 0 Å². The molecule has 6 rings (SSSR count). The quantitative estimate of drug-likeness (QED) is 0.228. The highest BCUT2D eigenvalue weighted by Gasteiger charge is 2.19. The Hall–Kier alpha value is -4.30. The topological polar surface area (TPSA) is 6.48 Å². The second-order valence-corrected chi connectivity index (χ2v) is 11.6. The zero-order chi connectivity index (χ0) is 27.6. The van der Waals surface area contributed by atoms with Crippen molar-refractivity contribution < 1.29 is 0 Å². The Kier molecular flexibility index (Phi) is 7.17. The average Bonchev–Trinajstić information content (AvgIpc) is 3.63. The number of benzene rings is 4. The lowest BCUT2D eigenvalue weighted by atomic mass is 9.89. The second kappa shape index (κ2) is 11.1. The van der Waals surface area contributed by atoms with E-state index in [1.54, 1.807) is 0 Å². The van der Waals surface area contributed by atoms with Crippen molar-refractivity contribution in [3.63, 3.8) is 0 Å². The molecule has 0 heterocycles. The van der Waals surface area contributed by atoms with Gasteiger partial charge < -0.3 is 9.80 Å². The number of nitrogens with zero attached hydrogens (tertiary/aromatic N) is 2. The minimum absolute atomic E-state index is 0.999. The molecule has 0 amide bonds.